The highest BCUT2D eigenvalue weighted by Gasteiger charge is 2.53. The number of thiazole rings is 1. The van der Waals surface area contributed by atoms with E-state index in [0.29, 0.717) is 37.6 Å². The fraction of sp³-hybridized carbons (Fsp3) is 0.568. The summed E-state index contributed by atoms with van der Waals surface area (Å²) in [5.74, 6) is -1.65. The summed E-state index contributed by atoms with van der Waals surface area (Å²) in [6, 6.07) is 11.6. The third kappa shape index (κ3) is 13.0. The van der Waals surface area contributed by atoms with Gasteiger partial charge in [0.15, 0.2) is 5.67 Å². The summed E-state index contributed by atoms with van der Waals surface area (Å²) in [6.45, 7) is 10.7. The molecule has 1 saturated carbocycles. The van der Waals surface area contributed by atoms with Crippen LogP contribution in [-0.4, -0.2) is 101 Å². The molecule has 2 aromatic carbocycles. The summed E-state index contributed by atoms with van der Waals surface area (Å²) < 4.78 is 32.6. The normalized spacial score (nSPS) is 18.7. The average Bonchev–Trinajstić information content (AvgIpc) is 3.62. The molecule has 2 aliphatic rings. The van der Waals surface area contributed by atoms with Crippen LogP contribution in [0.3, 0.4) is 0 Å². The summed E-state index contributed by atoms with van der Waals surface area (Å²) in [7, 11) is 0. The molecule has 5 rings (SSSR count). The van der Waals surface area contributed by atoms with E-state index in [1.807, 2.05) is 44.2 Å². The van der Waals surface area contributed by atoms with Crippen molar-refractivity contribution in [3.8, 4) is 16.2 Å². The number of primary amides is 1. The summed E-state index contributed by atoms with van der Waals surface area (Å²) in [5, 5.41) is 16.1. The zero-order chi connectivity index (χ0) is 43.6. The highest BCUT2D eigenvalue weighted by molar-refractivity contribution is 7.13. The van der Waals surface area contributed by atoms with E-state index < -0.39 is 47.0 Å². The molecule has 1 aromatic heterocycles. The molecule has 0 unspecified atom stereocenters. The second kappa shape index (κ2) is 20.9. The Morgan fingerprint density at radius 1 is 1.08 bits per heavy atom. The molecule has 2 fully saturated rings. The van der Waals surface area contributed by atoms with Gasteiger partial charge in [0.1, 0.15) is 24.4 Å². The predicted octanol–water partition coefficient (Wildman–Crippen LogP) is 4.26. The van der Waals surface area contributed by atoms with Crippen molar-refractivity contribution in [3.63, 3.8) is 0 Å². The number of halogens is 1. The van der Waals surface area contributed by atoms with Crippen LogP contribution in [0.1, 0.15) is 88.6 Å². The Morgan fingerprint density at radius 2 is 1.80 bits per heavy atom. The largest absolute Gasteiger partial charge is 0.491 e. The molecule has 0 radical (unpaired) electrons. The second-order valence-electron chi connectivity index (χ2n) is 17.0. The number of nitrogens with one attached hydrogen (secondary N) is 2. The number of aliphatic hydroxyl groups is 1. The quantitative estimate of drug-likeness (QED) is 0.0908. The van der Waals surface area contributed by atoms with Gasteiger partial charge in [-0.05, 0) is 74.1 Å². The minimum absolute atomic E-state index is 0.0245. The maximum Gasteiger partial charge on any atom is 0.258 e. The van der Waals surface area contributed by atoms with Gasteiger partial charge in [-0.1, -0.05) is 57.2 Å². The number of β-amino-alcohol motifs (C(OH)–C–C–N with tert-alkyl or cyclic N) is 1. The van der Waals surface area contributed by atoms with E-state index in [-0.39, 0.29) is 63.4 Å². The zero-order valence-electron chi connectivity index (χ0n) is 35.3. The smallest absolute Gasteiger partial charge is 0.258 e. The molecule has 14 nitrogen and oxygen atoms in total. The van der Waals surface area contributed by atoms with Gasteiger partial charge < -0.3 is 46.3 Å². The number of likely N-dealkylation sites (tertiary alicyclic amines) is 1. The standard InChI is InChI=1S/C44H61FN6O8S/c1-27-38(60-26-49-27)31-12-13-32(23-48-40(54)35-22-33(52)24-51(35)41(55)39(43(3,4)5)50-42(56)44(45)16-17-44)36(21-31)58-20-19-57-18-6-7-29-8-10-30(11-9-29)25-59-28(2)34(46)14-15-37(47)53/h8-13,21,26,28,33-35,39,52H,6-7,14-20,22-25,46H2,1-5H3,(H2,47,53)(H,48,54)(H,50,56)/t28-,33-,34+,35+,39-/m1/s1. The summed E-state index contributed by atoms with van der Waals surface area (Å²) in [5.41, 5.74) is 15.1. The predicted molar refractivity (Wildman–Crippen MR) is 226 cm³/mol. The molecule has 0 bridgehead atoms. The first-order chi connectivity index (χ1) is 28.4. The molecule has 5 atom stereocenters. The van der Waals surface area contributed by atoms with Gasteiger partial charge in [-0.25, -0.2) is 9.37 Å². The minimum atomic E-state index is -1.97. The molecule has 3 aromatic rings. The number of hydrogen-bond donors (Lipinski definition) is 5. The number of amides is 4. The fourth-order valence-electron chi connectivity index (χ4n) is 6.96. The van der Waals surface area contributed by atoms with E-state index in [4.69, 9.17) is 25.7 Å². The van der Waals surface area contributed by atoms with Crippen LogP contribution in [0.4, 0.5) is 4.39 Å². The number of aromatic nitrogens is 1. The lowest BCUT2D eigenvalue weighted by Gasteiger charge is -2.35. The lowest BCUT2D eigenvalue weighted by molar-refractivity contribution is -0.145. The molecule has 328 valence electrons. The molecular weight excluding hydrogens is 792 g/mol. The van der Waals surface area contributed by atoms with E-state index in [2.05, 4.69) is 27.8 Å². The molecule has 0 spiro atoms. The van der Waals surface area contributed by atoms with Crippen molar-refractivity contribution < 1.29 is 42.9 Å². The van der Waals surface area contributed by atoms with Crippen LogP contribution in [0, 0.1) is 12.3 Å². The number of benzene rings is 2. The van der Waals surface area contributed by atoms with E-state index in [1.54, 1.807) is 26.3 Å². The Morgan fingerprint density at radius 3 is 2.45 bits per heavy atom. The third-order valence-corrected chi connectivity index (χ3v) is 12.0. The molecule has 7 N–H and O–H groups in total. The van der Waals surface area contributed by atoms with Gasteiger partial charge in [-0.3, -0.25) is 19.2 Å². The van der Waals surface area contributed by atoms with Gasteiger partial charge >= 0.3 is 0 Å². The molecule has 1 saturated heterocycles. The fourth-order valence-corrected chi connectivity index (χ4v) is 7.76. The number of carbonyl (C=O) groups is 4. The van der Waals surface area contributed by atoms with Crippen molar-refractivity contribution in [1.82, 2.24) is 20.5 Å². The topological polar surface area (TPSA) is 208 Å². The number of ether oxygens (including phenoxy) is 3. The van der Waals surface area contributed by atoms with E-state index in [1.165, 1.54) is 21.8 Å². The van der Waals surface area contributed by atoms with Gasteiger partial charge in [0.05, 0.1) is 41.5 Å². The average molecular weight is 853 g/mol. The van der Waals surface area contributed by atoms with Crippen molar-refractivity contribution in [2.45, 2.75) is 129 Å². The third-order valence-electron chi connectivity index (χ3n) is 11.0. The van der Waals surface area contributed by atoms with Crippen LogP contribution in [0.25, 0.3) is 10.4 Å². The number of nitrogens with two attached hydrogens (primary N) is 2. The van der Waals surface area contributed by atoms with Crippen LogP contribution in [0.2, 0.25) is 0 Å². The highest BCUT2D eigenvalue weighted by atomic mass is 32.1. The molecule has 1 aliphatic carbocycles. The number of alkyl halides is 1. The Bertz CT molecular complexity index is 1930. The van der Waals surface area contributed by atoms with Crippen molar-refractivity contribution >= 4 is 35.0 Å². The number of rotatable bonds is 22. The van der Waals surface area contributed by atoms with E-state index >= 15 is 0 Å². The number of aliphatic hydroxyl groups excluding tert-OH is 1. The van der Waals surface area contributed by atoms with Crippen LogP contribution in [0.5, 0.6) is 5.75 Å². The van der Waals surface area contributed by atoms with E-state index in [0.717, 1.165) is 34.5 Å². The summed E-state index contributed by atoms with van der Waals surface area (Å²) >= 11 is 1.52. The van der Waals surface area contributed by atoms with Gasteiger partial charge in [0.25, 0.3) is 5.91 Å². The Labute approximate surface area is 355 Å². The number of hydrogen-bond acceptors (Lipinski definition) is 11. The molecule has 60 heavy (non-hydrogen) atoms. The summed E-state index contributed by atoms with van der Waals surface area (Å²) in [4.78, 5) is 57.9. The van der Waals surface area contributed by atoms with Gasteiger partial charge in [-0.2, -0.15) is 0 Å². The van der Waals surface area contributed by atoms with Crippen LogP contribution >= 0.6 is 11.3 Å². The van der Waals surface area contributed by atoms with Crippen LogP contribution in [-0.2, 0) is 48.2 Å². The zero-order valence-corrected chi connectivity index (χ0v) is 36.2. The number of aryl methyl sites for hydroxylation is 2. The Kier molecular flexibility index (Phi) is 16.2. The molecular formula is C44H61FN6O8S. The lowest BCUT2D eigenvalue weighted by Crippen LogP contribution is -2.59. The maximum absolute atomic E-state index is 14.6. The van der Waals surface area contributed by atoms with Crippen molar-refractivity contribution in [1.29, 1.82) is 0 Å². The van der Waals surface area contributed by atoms with Crippen molar-refractivity contribution in [2.75, 3.05) is 26.4 Å². The van der Waals surface area contributed by atoms with Crippen molar-refractivity contribution in [2.24, 2.45) is 16.9 Å². The monoisotopic (exact) mass is 852 g/mol. The van der Waals surface area contributed by atoms with E-state index in [9.17, 15) is 28.7 Å². The van der Waals surface area contributed by atoms with Crippen molar-refractivity contribution in [3.05, 3.63) is 70.4 Å². The molecule has 4 amide bonds. The lowest BCUT2D eigenvalue weighted by atomic mass is 9.85. The number of nitrogens with zero attached hydrogens (tertiary/aromatic N) is 2. The SMILES string of the molecule is Cc1ncsc1-c1ccc(CNC(=O)[C@@H]2C[C@@H](O)CN2C(=O)[C@@H](NC(=O)C2(F)CC2)C(C)(C)C)c(OCCOCCCc2ccc(CO[C@H](C)[C@@H](N)CCC(N)=O)cc2)c1. The van der Waals surface area contributed by atoms with Gasteiger partial charge in [0, 0.05) is 44.1 Å². The van der Waals surface area contributed by atoms with Crippen LogP contribution in [0.15, 0.2) is 48.0 Å². The minimum Gasteiger partial charge on any atom is -0.491 e. The molecule has 1 aliphatic heterocycles. The summed E-state index contributed by atoms with van der Waals surface area (Å²) in [6.07, 6.45) is 1.46. The highest BCUT2D eigenvalue weighted by Crippen LogP contribution is 2.40. The first-order valence-electron chi connectivity index (χ1n) is 20.7. The second-order valence-corrected chi connectivity index (χ2v) is 17.9. The number of carbonyl (C=O) groups excluding carboxylic acids is 4. The first-order valence-corrected chi connectivity index (χ1v) is 21.6. The first kappa shape index (κ1) is 46.6. The Hall–Kier alpha value is -4.48. The molecule has 16 heteroatoms. The van der Waals surface area contributed by atoms with Gasteiger partial charge in [-0.15, -0.1) is 11.3 Å². The molecule has 2 heterocycles. The Balaban J connectivity index is 1.12. The maximum atomic E-state index is 14.6. The van der Waals surface area contributed by atoms with Gasteiger partial charge in [0.2, 0.25) is 17.7 Å². The van der Waals surface area contributed by atoms with Crippen LogP contribution < -0.4 is 26.8 Å².